The van der Waals surface area contributed by atoms with Crippen molar-refractivity contribution in [2.75, 3.05) is 0 Å². The summed E-state index contributed by atoms with van der Waals surface area (Å²) in [7, 11) is 0. The Morgan fingerprint density at radius 3 is 2.67 bits per heavy atom. The maximum Gasteiger partial charge on any atom is 0.309 e. The van der Waals surface area contributed by atoms with E-state index in [1.807, 2.05) is 13.0 Å². The number of amides is 1. The molecular weight excluding hydrogens is 232 g/mol. The average molecular weight is 250 g/mol. The molecule has 5 heteroatoms. The van der Waals surface area contributed by atoms with Gasteiger partial charge in [0, 0.05) is 25.4 Å². The van der Waals surface area contributed by atoms with Crippen molar-refractivity contribution >= 4 is 11.9 Å². The monoisotopic (exact) mass is 250 g/mol. The number of carboxylic acid groups (broad SMARTS) is 1. The van der Waals surface area contributed by atoms with Crippen molar-refractivity contribution in [3.63, 3.8) is 0 Å². The summed E-state index contributed by atoms with van der Waals surface area (Å²) in [6.45, 7) is 5.37. The van der Waals surface area contributed by atoms with E-state index < -0.39 is 11.4 Å². The molecule has 0 aromatic carbocycles. The van der Waals surface area contributed by atoms with Crippen LogP contribution in [0, 0.1) is 12.3 Å². The molecule has 98 valence electrons. The molecule has 0 aliphatic heterocycles. The van der Waals surface area contributed by atoms with Crippen LogP contribution in [0.4, 0.5) is 0 Å². The molecule has 1 rings (SSSR count). The Morgan fingerprint density at radius 2 is 2.11 bits per heavy atom. The van der Waals surface area contributed by atoms with Gasteiger partial charge >= 0.3 is 5.97 Å². The summed E-state index contributed by atoms with van der Waals surface area (Å²) >= 11 is 0. The van der Waals surface area contributed by atoms with Gasteiger partial charge in [-0.1, -0.05) is 0 Å². The lowest BCUT2D eigenvalue weighted by Crippen LogP contribution is -2.33. The average Bonchev–Trinajstić information content (AvgIpc) is 2.27. The van der Waals surface area contributed by atoms with Crippen LogP contribution >= 0.6 is 0 Å². The minimum atomic E-state index is -1.04. The summed E-state index contributed by atoms with van der Waals surface area (Å²) in [5, 5.41) is 11.7. The molecule has 0 fully saturated rings. The van der Waals surface area contributed by atoms with Crippen molar-refractivity contribution in [1.82, 2.24) is 10.3 Å². The highest BCUT2D eigenvalue weighted by atomic mass is 16.4. The van der Waals surface area contributed by atoms with Gasteiger partial charge in [-0.05, 0) is 38.0 Å². The fourth-order valence-corrected chi connectivity index (χ4v) is 1.43. The van der Waals surface area contributed by atoms with E-state index in [2.05, 4.69) is 10.3 Å². The van der Waals surface area contributed by atoms with E-state index in [-0.39, 0.29) is 12.3 Å². The Balaban J connectivity index is 2.53. The largest absolute Gasteiger partial charge is 0.481 e. The molecule has 0 atom stereocenters. The highest BCUT2D eigenvalue weighted by Crippen LogP contribution is 2.20. The molecule has 0 saturated heterocycles. The van der Waals surface area contributed by atoms with E-state index in [0.717, 1.165) is 11.1 Å². The zero-order valence-electron chi connectivity index (χ0n) is 10.9. The lowest BCUT2D eigenvalue weighted by Gasteiger charge is -2.18. The number of hydrogen-bond donors (Lipinski definition) is 2. The van der Waals surface area contributed by atoms with Gasteiger partial charge in [-0.2, -0.15) is 0 Å². The fourth-order valence-electron chi connectivity index (χ4n) is 1.43. The molecule has 1 amide bonds. The molecule has 18 heavy (non-hydrogen) atoms. The molecule has 5 nitrogen and oxygen atoms in total. The third-order valence-corrected chi connectivity index (χ3v) is 2.79. The maximum absolute atomic E-state index is 11.7. The predicted octanol–water partition coefficient (Wildman–Crippen LogP) is 1.51. The minimum Gasteiger partial charge on any atom is -0.481 e. The van der Waals surface area contributed by atoms with Crippen molar-refractivity contribution in [2.45, 2.75) is 33.7 Å². The first-order valence-corrected chi connectivity index (χ1v) is 5.72. The number of aliphatic carboxylic acids is 1. The van der Waals surface area contributed by atoms with E-state index in [1.54, 1.807) is 12.4 Å². The van der Waals surface area contributed by atoms with E-state index in [9.17, 15) is 9.59 Å². The Morgan fingerprint density at radius 1 is 1.44 bits per heavy atom. The Hall–Kier alpha value is -1.91. The van der Waals surface area contributed by atoms with Gasteiger partial charge < -0.3 is 10.4 Å². The molecule has 0 saturated carbocycles. The fraction of sp³-hybridized carbons (Fsp3) is 0.462. The van der Waals surface area contributed by atoms with Gasteiger partial charge in [-0.15, -0.1) is 0 Å². The second-order valence-corrected chi connectivity index (χ2v) is 4.94. The van der Waals surface area contributed by atoms with Gasteiger partial charge in [0.05, 0.1) is 5.41 Å². The van der Waals surface area contributed by atoms with E-state index >= 15 is 0 Å². The lowest BCUT2D eigenvalue weighted by molar-refractivity contribution is -0.149. The van der Waals surface area contributed by atoms with Crippen LogP contribution in [-0.4, -0.2) is 22.0 Å². The number of aryl methyl sites for hydroxylation is 1. The summed E-state index contributed by atoms with van der Waals surface area (Å²) < 4.78 is 0. The molecule has 0 aliphatic carbocycles. The zero-order valence-corrected chi connectivity index (χ0v) is 10.9. The Kier molecular flexibility index (Phi) is 4.42. The van der Waals surface area contributed by atoms with Crippen molar-refractivity contribution in [3.05, 3.63) is 29.6 Å². The van der Waals surface area contributed by atoms with Gasteiger partial charge in [-0.3, -0.25) is 14.6 Å². The number of aromatic nitrogens is 1. The maximum atomic E-state index is 11.7. The van der Waals surface area contributed by atoms with E-state index in [1.165, 1.54) is 13.8 Å². The molecule has 2 N–H and O–H groups in total. The van der Waals surface area contributed by atoms with Crippen LogP contribution in [0.2, 0.25) is 0 Å². The number of carbonyl (C=O) groups is 2. The van der Waals surface area contributed by atoms with Crippen molar-refractivity contribution in [3.8, 4) is 0 Å². The molecular formula is C13H18N2O3. The molecule has 0 bridgehead atoms. The van der Waals surface area contributed by atoms with Gasteiger partial charge in [0.15, 0.2) is 0 Å². The molecule has 0 unspecified atom stereocenters. The minimum absolute atomic E-state index is 0.0353. The van der Waals surface area contributed by atoms with Crippen LogP contribution in [0.5, 0.6) is 0 Å². The predicted molar refractivity (Wildman–Crippen MR) is 66.9 cm³/mol. The van der Waals surface area contributed by atoms with E-state index in [4.69, 9.17) is 5.11 Å². The Labute approximate surface area is 106 Å². The second kappa shape index (κ2) is 5.62. The molecule has 0 aliphatic rings. The molecule has 0 radical (unpaired) electrons. The number of rotatable bonds is 5. The van der Waals surface area contributed by atoms with Crippen molar-refractivity contribution in [2.24, 2.45) is 5.41 Å². The second-order valence-electron chi connectivity index (χ2n) is 4.94. The van der Waals surface area contributed by atoms with Gasteiger partial charge in [0.2, 0.25) is 5.91 Å². The smallest absolute Gasteiger partial charge is 0.309 e. The summed E-state index contributed by atoms with van der Waals surface area (Å²) in [6, 6.07) is 1.83. The highest BCUT2D eigenvalue weighted by molar-refractivity contribution is 5.84. The summed E-state index contributed by atoms with van der Waals surface area (Å²) in [6.07, 6.45) is 3.35. The van der Waals surface area contributed by atoms with Gasteiger partial charge in [0.1, 0.15) is 0 Å². The van der Waals surface area contributed by atoms with Gasteiger partial charge in [0.25, 0.3) is 0 Å². The highest BCUT2D eigenvalue weighted by Gasteiger charge is 2.29. The SMILES string of the molecule is Cc1cnccc1CNC(=O)CC(C)(C)C(=O)O. The number of hydrogen-bond acceptors (Lipinski definition) is 3. The molecule has 0 spiro atoms. The summed E-state index contributed by atoms with van der Waals surface area (Å²) in [5.74, 6) is -1.24. The summed E-state index contributed by atoms with van der Waals surface area (Å²) in [5.41, 5.74) is 0.930. The quantitative estimate of drug-likeness (QED) is 0.830. The lowest BCUT2D eigenvalue weighted by atomic mass is 9.89. The van der Waals surface area contributed by atoms with Crippen LogP contribution in [0.15, 0.2) is 18.5 Å². The molecule has 1 heterocycles. The third kappa shape index (κ3) is 3.84. The number of nitrogens with one attached hydrogen (secondary N) is 1. The van der Waals surface area contributed by atoms with Crippen LogP contribution in [-0.2, 0) is 16.1 Å². The van der Waals surface area contributed by atoms with Crippen molar-refractivity contribution in [1.29, 1.82) is 0 Å². The number of carboxylic acids is 1. The number of pyridine rings is 1. The first kappa shape index (κ1) is 14.2. The van der Waals surface area contributed by atoms with Crippen LogP contribution in [0.1, 0.15) is 31.4 Å². The zero-order chi connectivity index (χ0) is 13.8. The summed E-state index contributed by atoms with van der Waals surface area (Å²) in [4.78, 5) is 26.5. The molecule has 1 aromatic heterocycles. The first-order chi connectivity index (χ1) is 8.33. The normalized spacial score (nSPS) is 11.1. The van der Waals surface area contributed by atoms with Crippen molar-refractivity contribution < 1.29 is 14.7 Å². The van der Waals surface area contributed by atoms with Crippen LogP contribution in [0.25, 0.3) is 0 Å². The standard InChI is InChI=1S/C13H18N2O3/c1-9-7-14-5-4-10(9)8-15-11(16)6-13(2,3)12(17)18/h4-5,7H,6,8H2,1-3H3,(H,15,16)(H,17,18). The number of carbonyl (C=O) groups excluding carboxylic acids is 1. The molecule has 1 aromatic rings. The van der Waals surface area contributed by atoms with Crippen LogP contribution < -0.4 is 5.32 Å². The topological polar surface area (TPSA) is 79.3 Å². The van der Waals surface area contributed by atoms with E-state index in [0.29, 0.717) is 6.54 Å². The Bertz CT molecular complexity index is 455. The number of nitrogens with zero attached hydrogens (tertiary/aromatic N) is 1. The van der Waals surface area contributed by atoms with Crippen LogP contribution in [0.3, 0.4) is 0 Å². The third-order valence-electron chi connectivity index (χ3n) is 2.79. The van der Waals surface area contributed by atoms with Gasteiger partial charge in [-0.25, -0.2) is 0 Å². The first-order valence-electron chi connectivity index (χ1n) is 5.72.